The molecule has 0 spiro atoms. The van der Waals surface area contributed by atoms with Crippen LogP contribution in [0.1, 0.15) is 23.7 Å². The van der Waals surface area contributed by atoms with Gasteiger partial charge in [-0.2, -0.15) is 0 Å². The van der Waals surface area contributed by atoms with Crippen LogP contribution in [0, 0.1) is 0 Å². The minimum atomic E-state index is -0.349. The molecule has 1 aliphatic heterocycles. The highest BCUT2D eigenvalue weighted by molar-refractivity contribution is 5.85. The maximum Gasteiger partial charge on any atom is 0.0802 e. The van der Waals surface area contributed by atoms with Gasteiger partial charge in [-0.25, -0.2) is 0 Å². The second kappa shape index (κ2) is 11.5. The number of aliphatic hydroxyl groups excluding tert-OH is 1. The number of halogens is 2. The highest BCUT2D eigenvalue weighted by Gasteiger charge is 2.18. The Labute approximate surface area is 163 Å². The molecule has 1 heterocycles. The fourth-order valence-corrected chi connectivity index (χ4v) is 3.16. The standard InChI is InChI=1S/C20H26N2O.2ClH/c23-20(19-9-5-2-6-10-19)11-12-21-13-15-22(16-14-21)17-18-7-3-1-4-8-18;;/h1-10,20,23H,11-17H2;2*1H. The Bertz CT molecular complexity index is 575. The van der Waals surface area contributed by atoms with Crippen LogP contribution in [-0.2, 0) is 6.54 Å². The Morgan fingerprint density at radius 1 is 0.760 bits per heavy atom. The van der Waals surface area contributed by atoms with E-state index in [0.717, 1.165) is 51.3 Å². The van der Waals surface area contributed by atoms with Crippen LogP contribution in [0.2, 0.25) is 0 Å². The zero-order valence-corrected chi connectivity index (χ0v) is 16.1. The van der Waals surface area contributed by atoms with Crippen molar-refractivity contribution in [1.29, 1.82) is 0 Å². The van der Waals surface area contributed by atoms with Gasteiger partial charge in [-0.3, -0.25) is 4.90 Å². The van der Waals surface area contributed by atoms with Crippen LogP contribution in [0.25, 0.3) is 0 Å². The van der Waals surface area contributed by atoms with Crippen LogP contribution in [0.3, 0.4) is 0 Å². The van der Waals surface area contributed by atoms with Crippen molar-refractivity contribution in [2.75, 3.05) is 32.7 Å². The molecular formula is C20H28Cl2N2O. The number of nitrogens with zero attached hydrogens (tertiary/aromatic N) is 2. The minimum Gasteiger partial charge on any atom is -0.388 e. The van der Waals surface area contributed by atoms with Gasteiger partial charge in [0.15, 0.2) is 0 Å². The molecule has 1 aliphatic rings. The number of rotatable bonds is 6. The van der Waals surface area contributed by atoms with Crippen LogP contribution < -0.4 is 0 Å². The maximum atomic E-state index is 10.3. The Kier molecular flexibility index (Phi) is 10.1. The number of aliphatic hydroxyl groups is 1. The average molecular weight is 383 g/mol. The molecule has 0 radical (unpaired) electrons. The lowest BCUT2D eigenvalue weighted by atomic mass is 10.1. The SMILES string of the molecule is Cl.Cl.OC(CCN1CCN(Cc2ccccc2)CC1)c1ccccc1. The van der Waals surface area contributed by atoms with E-state index in [1.54, 1.807) is 0 Å². The van der Waals surface area contributed by atoms with Crippen molar-refractivity contribution < 1.29 is 5.11 Å². The molecule has 0 saturated carbocycles. The summed E-state index contributed by atoms with van der Waals surface area (Å²) in [6, 6.07) is 20.6. The maximum absolute atomic E-state index is 10.3. The Morgan fingerprint density at radius 3 is 1.88 bits per heavy atom. The van der Waals surface area contributed by atoms with E-state index in [1.807, 2.05) is 30.3 Å². The van der Waals surface area contributed by atoms with E-state index in [1.165, 1.54) is 5.56 Å². The highest BCUT2D eigenvalue weighted by Crippen LogP contribution is 2.17. The molecule has 3 nitrogen and oxygen atoms in total. The summed E-state index contributed by atoms with van der Waals surface area (Å²) < 4.78 is 0. The van der Waals surface area contributed by atoms with Crippen LogP contribution >= 0.6 is 24.8 Å². The van der Waals surface area contributed by atoms with Gasteiger partial charge >= 0.3 is 0 Å². The molecule has 5 heteroatoms. The second-order valence-corrected chi connectivity index (χ2v) is 6.32. The van der Waals surface area contributed by atoms with Crippen molar-refractivity contribution in [3.05, 3.63) is 71.8 Å². The monoisotopic (exact) mass is 382 g/mol. The second-order valence-electron chi connectivity index (χ2n) is 6.32. The summed E-state index contributed by atoms with van der Waals surface area (Å²) in [5.74, 6) is 0. The van der Waals surface area contributed by atoms with Crippen molar-refractivity contribution in [2.45, 2.75) is 19.1 Å². The van der Waals surface area contributed by atoms with Gasteiger partial charge in [0, 0.05) is 39.3 Å². The van der Waals surface area contributed by atoms with Crippen molar-refractivity contribution in [1.82, 2.24) is 9.80 Å². The van der Waals surface area contributed by atoms with Crippen LogP contribution in [0.15, 0.2) is 60.7 Å². The first-order valence-corrected chi connectivity index (χ1v) is 8.53. The van der Waals surface area contributed by atoms with Gasteiger partial charge in [0.1, 0.15) is 0 Å². The summed E-state index contributed by atoms with van der Waals surface area (Å²) in [7, 11) is 0. The van der Waals surface area contributed by atoms with Gasteiger partial charge in [0.05, 0.1) is 6.10 Å². The van der Waals surface area contributed by atoms with Crippen LogP contribution in [0.4, 0.5) is 0 Å². The summed E-state index contributed by atoms with van der Waals surface area (Å²) in [6.45, 7) is 6.41. The molecule has 1 atom stereocenters. The summed E-state index contributed by atoms with van der Waals surface area (Å²) in [5, 5.41) is 10.3. The molecule has 0 amide bonds. The molecule has 3 rings (SSSR count). The Morgan fingerprint density at radius 2 is 1.28 bits per heavy atom. The first kappa shape index (κ1) is 21.9. The number of piperazine rings is 1. The predicted molar refractivity (Wildman–Crippen MR) is 109 cm³/mol. The molecule has 2 aromatic rings. The van der Waals surface area contributed by atoms with Gasteiger partial charge in [-0.1, -0.05) is 60.7 Å². The normalized spacial score (nSPS) is 16.5. The van der Waals surface area contributed by atoms with E-state index >= 15 is 0 Å². The minimum absolute atomic E-state index is 0. The molecule has 0 bridgehead atoms. The van der Waals surface area contributed by atoms with E-state index in [0.29, 0.717) is 0 Å². The van der Waals surface area contributed by atoms with Gasteiger partial charge in [-0.05, 0) is 17.5 Å². The van der Waals surface area contributed by atoms with Gasteiger partial charge < -0.3 is 10.0 Å². The zero-order chi connectivity index (χ0) is 15.9. The zero-order valence-electron chi connectivity index (χ0n) is 14.5. The first-order chi connectivity index (χ1) is 11.3. The number of benzene rings is 2. The molecule has 1 saturated heterocycles. The summed E-state index contributed by atoms with van der Waals surface area (Å²) in [4.78, 5) is 4.98. The fraction of sp³-hybridized carbons (Fsp3) is 0.400. The number of hydrogen-bond donors (Lipinski definition) is 1. The third-order valence-corrected chi connectivity index (χ3v) is 4.62. The third kappa shape index (κ3) is 6.96. The Balaban J connectivity index is 0.00000156. The topological polar surface area (TPSA) is 26.7 Å². The smallest absolute Gasteiger partial charge is 0.0802 e. The summed E-state index contributed by atoms with van der Waals surface area (Å²) in [5.41, 5.74) is 2.41. The lowest BCUT2D eigenvalue weighted by Crippen LogP contribution is -2.46. The van der Waals surface area contributed by atoms with Crippen molar-refractivity contribution in [2.24, 2.45) is 0 Å². The predicted octanol–water partition coefficient (Wildman–Crippen LogP) is 3.77. The molecule has 1 fully saturated rings. The fourth-order valence-electron chi connectivity index (χ4n) is 3.16. The summed E-state index contributed by atoms with van der Waals surface area (Å²) >= 11 is 0. The Hall–Kier alpha value is -1.10. The summed E-state index contributed by atoms with van der Waals surface area (Å²) in [6.07, 6.45) is 0.460. The molecule has 25 heavy (non-hydrogen) atoms. The molecule has 1 N–H and O–H groups in total. The molecule has 2 aromatic carbocycles. The van der Waals surface area contributed by atoms with E-state index in [-0.39, 0.29) is 30.9 Å². The molecule has 0 aromatic heterocycles. The molecule has 0 aliphatic carbocycles. The van der Waals surface area contributed by atoms with Crippen molar-refractivity contribution in [3.8, 4) is 0 Å². The van der Waals surface area contributed by atoms with E-state index in [9.17, 15) is 5.11 Å². The number of hydrogen-bond acceptors (Lipinski definition) is 3. The van der Waals surface area contributed by atoms with Gasteiger partial charge in [0.25, 0.3) is 0 Å². The molecular weight excluding hydrogens is 355 g/mol. The molecule has 1 unspecified atom stereocenters. The van der Waals surface area contributed by atoms with Crippen LogP contribution in [-0.4, -0.2) is 47.6 Å². The van der Waals surface area contributed by atoms with Crippen molar-refractivity contribution in [3.63, 3.8) is 0 Å². The highest BCUT2D eigenvalue weighted by atomic mass is 35.5. The lowest BCUT2D eigenvalue weighted by Gasteiger charge is -2.35. The van der Waals surface area contributed by atoms with E-state index < -0.39 is 0 Å². The lowest BCUT2D eigenvalue weighted by molar-refractivity contribution is 0.0993. The largest absolute Gasteiger partial charge is 0.388 e. The van der Waals surface area contributed by atoms with Crippen LogP contribution in [0.5, 0.6) is 0 Å². The first-order valence-electron chi connectivity index (χ1n) is 8.53. The van der Waals surface area contributed by atoms with Crippen molar-refractivity contribution >= 4 is 24.8 Å². The average Bonchev–Trinajstić information content (AvgIpc) is 2.62. The third-order valence-electron chi connectivity index (χ3n) is 4.62. The molecule has 138 valence electrons. The van der Waals surface area contributed by atoms with Gasteiger partial charge in [0.2, 0.25) is 0 Å². The quantitative estimate of drug-likeness (QED) is 0.823. The van der Waals surface area contributed by atoms with E-state index in [2.05, 4.69) is 40.1 Å². The van der Waals surface area contributed by atoms with Gasteiger partial charge in [-0.15, -0.1) is 24.8 Å². The van der Waals surface area contributed by atoms with E-state index in [4.69, 9.17) is 0 Å².